The highest BCUT2D eigenvalue weighted by atomic mass is 28.3. The van der Waals surface area contributed by atoms with E-state index >= 15 is 4.39 Å². The van der Waals surface area contributed by atoms with Gasteiger partial charge in [0.1, 0.15) is 29.1 Å². The molecule has 3 aromatic carbocycles. The van der Waals surface area contributed by atoms with Crippen LogP contribution < -0.4 is 0 Å². The standard InChI is InChI=1S/C31H34F3NSi/c1-2-3-4-15-36-16-13-24(14-17-36)26-11-12-27(31(34)20-26)25-9-7-22(8-10-25)5-6-23-18-29(32)28(21-35)30(33)19-23/h7-12,18-20,24,36H,2-6,13-17H2,1H3. The van der Waals surface area contributed by atoms with Crippen LogP contribution in [0.5, 0.6) is 0 Å². The van der Waals surface area contributed by atoms with Gasteiger partial charge in [0.15, 0.2) is 0 Å². The summed E-state index contributed by atoms with van der Waals surface area (Å²) in [5, 5.41) is 8.81. The zero-order chi connectivity index (χ0) is 25.5. The number of unbranched alkanes of at least 4 members (excludes halogenated alkanes) is 2. The van der Waals surface area contributed by atoms with Gasteiger partial charge in [-0.2, -0.15) is 5.26 Å². The Bertz CT molecular complexity index is 1180. The molecule has 1 aliphatic heterocycles. The number of rotatable bonds is 9. The summed E-state index contributed by atoms with van der Waals surface area (Å²) in [7, 11) is -0.575. The molecule has 0 amide bonds. The van der Waals surface area contributed by atoms with E-state index < -0.39 is 26.0 Å². The predicted octanol–water partition coefficient (Wildman–Crippen LogP) is 8.72. The van der Waals surface area contributed by atoms with E-state index in [-0.39, 0.29) is 5.82 Å². The number of hydrogen-bond donors (Lipinski definition) is 0. The summed E-state index contributed by atoms with van der Waals surface area (Å²) >= 11 is 0. The number of nitrogens with zero attached hydrogens (tertiary/aromatic N) is 1. The molecule has 0 unspecified atom stereocenters. The number of nitriles is 1. The van der Waals surface area contributed by atoms with Crippen LogP contribution in [0.25, 0.3) is 11.1 Å². The molecule has 36 heavy (non-hydrogen) atoms. The quantitative estimate of drug-likeness (QED) is 0.211. The van der Waals surface area contributed by atoms with Gasteiger partial charge in [-0.1, -0.05) is 80.7 Å². The Morgan fingerprint density at radius 3 is 2.11 bits per heavy atom. The van der Waals surface area contributed by atoms with E-state index in [2.05, 4.69) is 13.0 Å². The van der Waals surface area contributed by atoms with E-state index in [1.54, 1.807) is 12.1 Å². The second kappa shape index (κ2) is 12.4. The molecular formula is C31H34F3NSi. The van der Waals surface area contributed by atoms with E-state index in [0.29, 0.717) is 29.9 Å². The van der Waals surface area contributed by atoms with E-state index in [4.69, 9.17) is 5.26 Å². The van der Waals surface area contributed by atoms with Crippen molar-refractivity contribution in [2.24, 2.45) is 0 Å². The summed E-state index contributed by atoms with van der Waals surface area (Å²) in [5.74, 6) is -1.35. The van der Waals surface area contributed by atoms with Crippen LogP contribution in [0.4, 0.5) is 13.2 Å². The van der Waals surface area contributed by atoms with Crippen LogP contribution in [0.2, 0.25) is 18.1 Å². The second-order valence-corrected chi connectivity index (χ2v) is 13.7. The lowest BCUT2D eigenvalue weighted by atomic mass is 9.91. The van der Waals surface area contributed by atoms with Crippen LogP contribution in [0, 0.1) is 28.8 Å². The third-order valence-electron chi connectivity index (χ3n) is 7.71. The summed E-state index contributed by atoms with van der Waals surface area (Å²) in [6, 6.07) is 21.7. The van der Waals surface area contributed by atoms with E-state index in [1.807, 2.05) is 30.3 Å². The molecule has 188 valence electrons. The molecule has 0 radical (unpaired) electrons. The van der Waals surface area contributed by atoms with Gasteiger partial charge in [0.25, 0.3) is 0 Å². The molecule has 1 heterocycles. The van der Waals surface area contributed by atoms with E-state index in [1.165, 1.54) is 62.4 Å². The molecule has 1 saturated heterocycles. The minimum Gasteiger partial charge on any atom is -0.206 e. The molecule has 0 saturated carbocycles. The number of benzene rings is 3. The van der Waals surface area contributed by atoms with Crippen molar-refractivity contribution in [1.29, 1.82) is 5.26 Å². The fraction of sp³-hybridized carbons (Fsp3) is 0.387. The number of halogens is 3. The minimum absolute atomic E-state index is 0.175. The first-order valence-electron chi connectivity index (χ1n) is 13.2. The molecule has 5 heteroatoms. The molecular weight excluding hydrogens is 471 g/mol. The highest BCUT2D eigenvalue weighted by Crippen LogP contribution is 2.37. The summed E-state index contributed by atoms with van der Waals surface area (Å²) in [6.07, 6.45) is 7.51. The Morgan fingerprint density at radius 1 is 0.833 bits per heavy atom. The molecule has 1 fully saturated rings. The maximum Gasteiger partial charge on any atom is 0.144 e. The summed E-state index contributed by atoms with van der Waals surface area (Å²) in [6.45, 7) is 2.26. The van der Waals surface area contributed by atoms with Crippen LogP contribution in [0.1, 0.15) is 67.2 Å². The molecule has 4 rings (SSSR count). The van der Waals surface area contributed by atoms with Gasteiger partial charge in [0, 0.05) is 14.4 Å². The van der Waals surface area contributed by atoms with Crippen LogP contribution in [-0.4, -0.2) is 8.80 Å². The first-order chi connectivity index (χ1) is 17.5. The molecule has 0 N–H and O–H groups in total. The third-order valence-corrected chi connectivity index (χ3v) is 11.2. The van der Waals surface area contributed by atoms with Gasteiger partial charge in [0.05, 0.1) is 0 Å². The number of aryl methyl sites for hydroxylation is 2. The lowest BCUT2D eigenvalue weighted by Crippen LogP contribution is -2.20. The zero-order valence-electron chi connectivity index (χ0n) is 21.0. The molecule has 0 bridgehead atoms. The average Bonchev–Trinajstić information content (AvgIpc) is 2.88. The maximum absolute atomic E-state index is 15.1. The Hall–Kier alpha value is -2.84. The minimum atomic E-state index is -0.830. The van der Waals surface area contributed by atoms with Crippen LogP contribution >= 0.6 is 0 Å². The van der Waals surface area contributed by atoms with Crippen molar-refractivity contribution < 1.29 is 13.2 Å². The first kappa shape index (κ1) is 26.2. The van der Waals surface area contributed by atoms with Crippen molar-refractivity contribution >= 4 is 8.80 Å². The topological polar surface area (TPSA) is 23.8 Å². The highest BCUT2D eigenvalue weighted by molar-refractivity contribution is 6.59. The molecule has 0 aromatic heterocycles. The van der Waals surface area contributed by atoms with Gasteiger partial charge in [-0.05, 0) is 72.1 Å². The normalized spacial score (nSPS) is 17.6. The fourth-order valence-electron chi connectivity index (χ4n) is 5.50. The maximum atomic E-state index is 15.1. The average molecular weight is 506 g/mol. The Morgan fingerprint density at radius 2 is 1.50 bits per heavy atom. The summed E-state index contributed by atoms with van der Waals surface area (Å²) in [4.78, 5) is 0. The fourth-order valence-corrected chi connectivity index (χ4v) is 8.98. The van der Waals surface area contributed by atoms with Crippen LogP contribution in [-0.2, 0) is 12.8 Å². The van der Waals surface area contributed by atoms with Crippen molar-refractivity contribution in [3.05, 3.63) is 94.3 Å². The molecule has 0 atom stereocenters. The Labute approximate surface area is 214 Å². The molecule has 3 aromatic rings. The Balaban J connectivity index is 1.35. The molecule has 1 aliphatic rings. The van der Waals surface area contributed by atoms with Crippen LogP contribution in [0.3, 0.4) is 0 Å². The molecule has 0 aliphatic carbocycles. The van der Waals surface area contributed by atoms with Crippen LogP contribution in [0.15, 0.2) is 54.6 Å². The van der Waals surface area contributed by atoms with Gasteiger partial charge in [-0.3, -0.25) is 0 Å². The zero-order valence-corrected chi connectivity index (χ0v) is 22.2. The monoisotopic (exact) mass is 505 g/mol. The van der Waals surface area contributed by atoms with Crippen molar-refractivity contribution in [3.63, 3.8) is 0 Å². The van der Waals surface area contributed by atoms with Crippen molar-refractivity contribution in [2.75, 3.05) is 0 Å². The van der Waals surface area contributed by atoms with Crippen molar-refractivity contribution in [1.82, 2.24) is 0 Å². The molecule has 0 spiro atoms. The van der Waals surface area contributed by atoms with Gasteiger partial charge < -0.3 is 0 Å². The van der Waals surface area contributed by atoms with E-state index in [0.717, 1.165) is 16.7 Å². The highest BCUT2D eigenvalue weighted by Gasteiger charge is 2.23. The smallest absolute Gasteiger partial charge is 0.144 e. The number of hydrogen-bond acceptors (Lipinski definition) is 1. The van der Waals surface area contributed by atoms with Gasteiger partial charge in [-0.15, -0.1) is 0 Å². The van der Waals surface area contributed by atoms with E-state index in [9.17, 15) is 8.78 Å². The first-order valence-corrected chi connectivity index (χ1v) is 15.7. The second-order valence-electron chi connectivity index (χ2n) is 10.2. The Kier molecular flexibility index (Phi) is 9.04. The van der Waals surface area contributed by atoms with Crippen molar-refractivity contribution in [3.8, 4) is 17.2 Å². The SMILES string of the molecule is CCCCC[SiH]1CCC(c2ccc(-c3ccc(CCc4cc(F)c(C#N)c(F)c4)cc3)c(F)c2)CC1. The summed E-state index contributed by atoms with van der Waals surface area (Å²) < 4.78 is 42.8. The van der Waals surface area contributed by atoms with Gasteiger partial charge in [-0.25, -0.2) is 13.2 Å². The summed E-state index contributed by atoms with van der Waals surface area (Å²) in [5.41, 5.74) is 3.52. The lowest BCUT2D eigenvalue weighted by molar-refractivity contribution is 0.573. The molecule has 1 nitrogen and oxygen atoms in total. The lowest BCUT2D eigenvalue weighted by Gasteiger charge is -2.28. The van der Waals surface area contributed by atoms with Gasteiger partial charge in [0.2, 0.25) is 0 Å². The predicted molar refractivity (Wildman–Crippen MR) is 143 cm³/mol. The third kappa shape index (κ3) is 6.47. The largest absolute Gasteiger partial charge is 0.206 e. The van der Waals surface area contributed by atoms with Gasteiger partial charge >= 0.3 is 0 Å². The van der Waals surface area contributed by atoms with Crippen molar-refractivity contribution in [2.45, 2.75) is 75.9 Å².